The predicted octanol–water partition coefficient (Wildman–Crippen LogP) is 2.32. The number of carboxylic acids is 1. The first-order valence-electron chi connectivity index (χ1n) is 8.84. The highest BCUT2D eigenvalue weighted by Crippen LogP contribution is 2.30. The molecule has 0 aliphatic carbocycles. The number of aromatic nitrogens is 4. The number of carbonyl (C=O) groups is 1. The molecule has 4 rings (SSSR count). The Hall–Kier alpha value is -2.96. The van der Waals surface area contributed by atoms with Gasteiger partial charge in [-0.05, 0) is 25.3 Å². The minimum atomic E-state index is -0.736. The Morgan fingerprint density at radius 2 is 2.12 bits per heavy atom. The number of hydrogen-bond acceptors (Lipinski definition) is 5. The van der Waals surface area contributed by atoms with Crippen LogP contribution in [0.25, 0.3) is 5.78 Å². The molecular formula is C19H21N5O2. The van der Waals surface area contributed by atoms with Crippen molar-refractivity contribution < 1.29 is 9.90 Å². The molecule has 1 atom stereocenters. The van der Waals surface area contributed by atoms with Gasteiger partial charge in [0.05, 0.1) is 5.92 Å². The van der Waals surface area contributed by atoms with E-state index in [0.717, 1.165) is 36.5 Å². The number of benzene rings is 1. The minimum absolute atomic E-state index is 0.361. The lowest BCUT2D eigenvalue weighted by molar-refractivity contribution is -0.141. The van der Waals surface area contributed by atoms with Gasteiger partial charge in [-0.3, -0.25) is 4.79 Å². The van der Waals surface area contributed by atoms with E-state index in [1.807, 2.05) is 25.1 Å². The van der Waals surface area contributed by atoms with Gasteiger partial charge in [-0.15, -0.1) is 0 Å². The summed E-state index contributed by atoms with van der Waals surface area (Å²) >= 11 is 0. The van der Waals surface area contributed by atoms with Crippen molar-refractivity contribution in [1.82, 2.24) is 19.6 Å². The molecule has 1 aromatic carbocycles. The molecule has 134 valence electrons. The van der Waals surface area contributed by atoms with E-state index in [1.165, 1.54) is 11.9 Å². The Morgan fingerprint density at radius 1 is 1.31 bits per heavy atom. The largest absolute Gasteiger partial charge is 0.481 e. The van der Waals surface area contributed by atoms with Crippen molar-refractivity contribution in [2.24, 2.45) is 5.92 Å². The zero-order valence-corrected chi connectivity index (χ0v) is 14.7. The molecule has 0 radical (unpaired) electrons. The van der Waals surface area contributed by atoms with Crippen molar-refractivity contribution in [2.45, 2.75) is 26.2 Å². The Labute approximate surface area is 151 Å². The molecule has 7 nitrogen and oxygen atoms in total. The van der Waals surface area contributed by atoms with Crippen LogP contribution in [0.5, 0.6) is 0 Å². The summed E-state index contributed by atoms with van der Waals surface area (Å²) in [6.07, 6.45) is 3.78. The molecule has 2 aromatic heterocycles. The van der Waals surface area contributed by atoms with Crippen LogP contribution in [0.15, 0.2) is 36.7 Å². The Balaban J connectivity index is 1.81. The molecular weight excluding hydrogens is 330 g/mol. The number of carboxylic acid groups (broad SMARTS) is 1. The first kappa shape index (κ1) is 16.5. The zero-order valence-electron chi connectivity index (χ0n) is 14.7. The Bertz CT molecular complexity index is 938. The standard InChI is InChI=1S/C19H21N5O2/c1-13-16(10-14-6-3-2-4-7-14)17(24-19(22-13)20-12-21-24)23-9-5-8-15(11-23)18(25)26/h2-4,6-7,12,15H,5,8-11H2,1H3,(H,25,26)/t15-/m0/s1. The smallest absolute Gasteiger partial charge is 0.308 e. The van der Waals surface area contributed by atoms with Crippen molar-refractivity contribution in [2.75, 3.05) is 18.0 Å². The number of piperidine rings is 1. The lowest BCUT2D eigenvalue weighted by atomic mass is 9.97. The number of aliphatic carboxylic acids is 1. The van der Waals surface area contributed by atoms with Crippen molar-refractivity contribution in [3.05, 3.63) is 53.5 Å². The number of hydrogen-bond donors (Lipinski definition) is 1. The molecule has 1 N–H and O–H groups in total. The number of aryl methyl sites for hydroxylation is 1. The molecule has 1 fully saturated rings. The van der Waals surface area contributed by atoms with Gasteiger partial charge in [0.2, 0.25) is 0 Å². The molecule has 1 aliphatic rings. The first-order valence-corrected chi connectivity index (χ1v) is 8.84. The number of anilines is 1. The van der Waals surface area contributed by atoms with Crippen molar-refractivity contribution in [3.63, 3.8) is 0 Å². The number of nitrogens with zero attached hydrogens (tertiary/aromatic N) is 5. The second-order valence-electron chi connectivity index (χ2n) is 6.76. The SMILES string of the molecule is Cc1nc2ncnn2c(N2CCC[C@H](C(=O)O)C2)c1Cc1ccccc1. The van der Waals surface area contributed by atoms with Crippen molar-refractivity contribution >= 4 is 17.6 Å². The third-order valence-electron chi connectivity index (χ3n) is 5.00. The molecule has 0 unspecified atom stereocenters. The summed E-state index contributed by atoms with van der Waals surface area (Å²) < 4.78 is 1.75. The minimum Gasteiger partial charge on any atom is -0.481 e. The maximum Gasteiger partial charge on any atom is 0.308 e. The van der Waals surface area contributed by atoms with E-state index in [4.69, 9.17) is 0 Å². The average Bonchev–Trinajstić information content (AvgIpc) is 3.11. The van der Waals surface area contributed by atoms with E-state index in [1.54, 1.807) is 4.52 Å². The molecule has 3 aromatic rings. The van der Waals surface area contributed by atoms with Gasteiger partial charge in [-0.2, -0.15) is 14.6 Å². The summed E-state index contributed by atoms with van der Waals surface area (Å²) in [6, 6.07) is 10.2. The fraction of sp³-hybridized carbons (Fsp3) is 0.368. The van der Waals surface area contributed by atoms with E-state index in [-0.39, 0.29) is 5.92 Å². The second kappa shape index (κ2) is 6.74. The van der Waals surface area contributed by atoms with Crippen LogP contribution < -0.4 is 4.90 Å². The van der Waals surface area contributed by atoms with Crippen molar-refractivity contribution in [3.8, 4) is 0 Å². The maximum absolute atomic E-state index is 11.5. The van der Waals surface area contributed by atoms with Gasteiger partial charge >= 0.3 is 5.97 Å². The number of rotatable bonds is 4. The molecule has 0 spiro atoms. The van der Waals surface area contributed by atoms with Gasteiger partial charge in [-0.25, -0.2) is 4.98 Å². The first-order chi connectivity index (χ1) is 12.6. The zero-order chi connectivity index (χ0) is 18.1. The summed E-state index contributed by atoms with van der Waals surface area (Å²) in [4.78, 5) is 22.5. The van der Waals surface area contributed by atoms with Crippen LogP contribution in [-0.2, 0) is 11.2 Å². The maximum atomic E-state index is 11.5. The lowest BCUT2D eigenvalue weighted by Crippen LogP contribution is -2.40. The highest BCUT2D eigenvalue weighted by atomic mass is 16.4. The third kappa shape index (κ3) is 3.00. The van der Waals surface area contributed by atoms with E-state index in [9.17, 15) is 9.90 Å². The van der Waals surface area contributed by atoms with Crippen molar-refractivity contribution in [1.29, 1.82) is 0 Å². The van der Waals surface area contributed by atoms with E-state index >= 15 is 0 Å². The predicted molar refractivity (Wildman–Crippen MR) is 97.3 cm³/mol. The van der Waals surface area contributed by atoms with Crippen LogP contribution in [0, 0.1) is 12.8 Å². The van der Waals surface area contributed by atoms with Crippen LogP contribution in [-0.4, -0.2) is 43.7 Å². The lowest BCUT2D eigenvalue weighted by Gasteiger charge is -2.34. The molecule has 7 heteroatoms. The van der Waals surface area contributed by atoms with E-state index in [2.05, 4.69) is 32.1 Å². The van der Waals surface area contributed by atoms with Crippen LogP contribution in [0.1, 0.15) is 29.7 Å². The topological polar surface area (TPSA) is 83.6 Å². The van der Waals surface area contributed by atoms with E-state index < -0.39 is 5.97 Å². The normalized spacial score (nSPS) is 17.6. The molecule has 1 aliphatic heterocycles. The van der Waals surface area contributed by atoms with Gasteiger partial charge in [-0.1, -0.05) is 30.3 Å². The summed E-state index contributed by atoms with van der Waals surface area (Å²) in [5, 5.41) is 13.8. The molecule has 0 bridgehead atoms. The summed E-state index contributed by atoms with van der Waals surface area (Å²) in [5.41, 5.74) is 3.16. The quantitative estimate of drug-likeness (QED) is 0.777. The Kier molecular flexibility index (Phi) is 4.28. The molecule has 3 heterocycles. The fourth-order valence-corrected chi connectivity index (χ4v) is 3.67. The Morgan fingerprint density at radius 3 is 2.88 bits per heavy atom. The van der Waals surface area contributed by atoms with Crippen LogP contribution >= 0.6 is 0 Å². The summed E-state index contributed by atoms with van der Waals surface area (Å²) in [5.74, 6) is 0.367. The fourth-order valence-electron chi connectivity index (χ4n) is 3.67. The summed E-state index contributed by atoms with van der Waals surface area (Å²) in [6.45, 7) is 3.27. The monoisotopic (exact) mass is 351 g/mol. The average molecular weight is 351 g/mol. The second-order valence-corrected chi connectivity index (χ2v) is 6.76. The van der Waals surface area contributed by atoms with Gasteiger partial charge < -0.3 is 10.0 Å². The number of fused-ring (bicyclic) bond motifs is 1. The van der Waals surface area contributed by atoms with Gasteiger partial charge in [0.1, 0.15) is 12.1 Å². The molecule has 26 heavy (non-hydrogen) atoms. The van der Waals surface area contributed by atoms with E-state index in [0.29, 0.717) is 18.7 Å². The highest BCUT2D eigenvalue weighted by Gasteiger charge is 2.29. The van der Waals surface area contributed by atoms with Crippen LogP contribution in [0.3, 0.4) is 0 Å². The van der Waals surface area contributed by atoms with Gasteiger partial charge in [0, 0.05) is 30.8 Å². The third-order valence-corrected chi connectivity index (χ3v) is 5.00. The van der Waals surface area contributed by atoms with Gasteiger partial charge in [0.25, 0.3) is 5.78 Å². The van der Waals surface area contributed by atoms with Gasteiger partial charge in [0.15, 0.2) is 0 Å². The molecule has 0 saturated carbocycles. The molecule has 1 saturated heterocycles. The van der Waals surface area contributed by atoms with Crippen LogP contribution in [0.2, 0.25) is 0 Å². The summed E-state index contributed by atoms with van der Waals surface area (Å²) in [7, 11) is 0. The highest BCUT2D eigenvalue weighted by molar-refractivity contribution is 5.71. The molecule has 0 amide bonds. The van der Waals surface area contributed by atoms with Crippen LogP contribution in [0.4, 0.5) is 5.82 Å².